The zero-order valence-corrected chi connectivity index (χ0v) is 14.7. The quantitative estimate of drug-likeness (QED) is 0.572. The van der Waals surface area contributed by atoms with Gasteiger partial charge in [-0.2, -0.15) is 5.10 Å². The third kappa shape index (κ3) is 3.21. The lowest BCUT2D eigenvalue weighted by molar-refractivity contribution is 0.418. The molecule has 0 spiro atoms. The zero-order valence-electron chi connectivity index (χ0n) is 14.7. The summed E-state index contributed by atoms with van der Waals surface area (Å²) >= 11 is 0. The van der Waals surface area contributed by atoms with Crippen LogP contribution in [0.15, 0.2) is 54.6 Å². The molecule has 0 aliphatic rings. The van der Waals surface area contributed by atoms with Crippen molar-refractivity contribution in [2.24, 2.45) is 0 Å². The number of hydrogen-bond acceptors (Lipinski definition) is 5. The Kier molecular flexibility index (Phi) is 4.23. The highest BCUT2D eigenvalue weighted by atomic mass is 16.5. The fourth-order valence-electron chi connectivity index (χ4n) is 2.89. The van der Waals surface area contributed by atoms with Crippen LogP contribution in [0.25, 0.3) is 10.9 Å². The Labute approximate surface area is 151 Å². The monoisotopic (exact) mass is 345 g/mol. The third-order valence-corrected chi connectivity index (χ3v) is 4.11. The van der Waals surface area contributed by atoms with Crippen LogP contribution in [0, 0.1) is 6.92 Å². The number of methoxy groups -OCH3 is 1. The molecule has 2 N–H and O–H groups in total. The van der Waals surface area contributed by atoms with Gasteiger partial charge in [0, 0.05) is 23.6 Å². The lowest BCUT2D eigenvalue weighted by Crippen LogP contribution is -2.04. The Morgan fingerprint density at radius 1 is 1.04 bits per heavy atom. The van der Waals surface area contributed by atoms with Crippen LogP contribution in [-0.2, 0) is 6.42 Å². The van der Waals surface area contributed by atoms with Crippen molar-refractivity contribution in [3.05, 3.63) is 71.7 Å². The summed E-state index contributed by atoms with van der Waals surface area (Å²) in [5, 5.41) is 11.4. The zero-order chi connectivity index (χ0) is 17.9. The first-order chi connectivity index (χ1) is 12.7. The van der Waals surface area contributed by atoms with Gasteiger partial charge in [-0.25, -0.2) is 9.97 Å². The summed E-state index contributed by atoms with van der Waals surface area (Å²) in [5.41, 5.74) is 2.92. The largest absolute Gasteiger partial charge is 0.494 e. The Hall–Kier alpha value is -3.41. The van der Waals surface area contributed by atoms with Crippen molar-refractivity contribution >= 4 is 22.5 Å². The predicted molar refractivity (Wildman–Crippen MR) is 102 cm³/mol. The SMILES string of the molecule is COc1cccc2c(Nc3cc(C)[nH]n3)nc(Cc3ccccc3)nc12. The fraction of sp³-hybridized carbons (Fsp3) is 0.150. The van der Waals surface area contributed by atoms with Crippen LogP contribution in [0.2, 0.25) is 0 Å². The van der Waals surface area contributed by atoms with Crippen molar-refractivity contribution in [1.82, 2.24) is 20.2 Å². The van der Waals surface area contributed by atoms with E-state index in [0.29, 0.717) is 12.2 Å². The van der Waals surface area contributed by atoms with E-state index in [1.807, 2.05) is 49.4 Å². The van der Waals surface area contributed by atoms with Crippen LogP contribution in [0.4, 0.5) is 11.6 Å². The van der Waals surface area contributed by atoms with Crippen molar-refractivity contribution in [3.63, 3.8) is 0 Å². The molecule has 2 aromatic heterocycles. The average Bonchev–Trinajstić information content (AvgIpc) is 3.07. The number of aromatic nitrogens is 4. The minimum atomic E-state index is 0.642. The van der Waals surface area contributed by atoms with Gasteiger partial charge in [-0.3, -0.25) is 5.10 Å². The van der Waals surface area contributed by atoms with Gasteiger partial charge in [0.2, 0.25) is 0 Å². The molecular weight excluding hydrogens is 326 g/mol. The third-order valence-electron chi connectivity index (χ3n) is 4.11. The molecule has 0 aliphatic heterocycles. The highest BCUT2D eigenvalue weighted by Crippen LogP contribution is 2.30. The van der Waals surface area contributed by atoms with E-state index >= 15 is 0 Å². The van der Waals surface area contributed by atoms with E-state index in [1.54, 1.807) is 7.11 Å². The molecule has 0 unspecified atom stereocenters. The van der Waals surface area contributed by atoms with E-state index < -0.39 is 0 Å². The molecule has 0 aliphatic carbocycles. The van der Waals surface area contributed by atoms with E-state index in [0.717, 1.165) is 39.6 Å². The molecule has 2 aromatic carbocycles. The maximum Gasteiger partial charge on any atom is 0.153 e. The van der Waals surface area contributed by atoms with Gasteiger partial charge in [0.15, 0.2) is 5.82 Å². The van der Waals surface area contributed by atoms with Crippen LogP contribution >= 0.6 is 0 Å². The Morgan fingerprint density at radius 2 is 1.88 bits per heavy atom. The molecule has 0 radical (unpaired) electrons. The van der Waals surface area contributed by atoms with Crippen LogP contribution in [0.3, 0.4) is 0 Å². The normalized spacial score (nSPS) is 10.8. The highest BCUT2D eigenvalue weighted by molar-refractivity contribution is 5.94. The molecule has 0 fully saturated rings. The smallest absolute Gasteiger partial charge is 0.153 e. The Balaban J connectivity index is 1.82. The number of nitrogens with one attached hydrogen (secondary N) is 2. The molecule has 0 atom stereocenters. The number of fused-ring (bicyclic) bond motifs is 1. The lowest BCUT2D eigenvalue weighted by Gasteiger charge is -2.11. The molecule has 4 rings (SSSR count). The standard InChI is InChI=1S/C20H19N5O/c1-13-11-18(25-24-13)23-20-15-9-6-10-16(26-2)19(15)21-17(22-20)12-14-7-4-3-5-8-14/h3-11H,12H2,1-2H3,(H2,21,22,23,24,25). The second-order valence-corrected chi connectivity index (χ2v) is 6.07. The maximum absolute atomic E-state index is 5.50. The molecule has 0 saturated heterocycles. The van der Waals surface area contributed by atoms with E-state index in [-0.39, 0.29) is 0 Å². The number of ether oxygens (including phenoxy) is 1. The first-order valence-electron chi connectivity index (χ1n) is 8.39. The van der Waals surface area contributed by atoms with E-state index in [2.05, 4.69) is 27.6 Å². The molecule has 6 heteroatoms. The van der Waals surface area contributed by atoms with E-state index in [9.17, 15) is 0 Å². The minimum absolute atomic E-state index is 0.642. The summed E-state index contributed by atoms with van der Waals surface area (Å²) in [6.45, 7) is 1.96. The Bertz CT molecular complexity index is 1040. The number of benzene rings is 2. The summed E-state index contributed by atoms with van der Waals surface area (Å²) in [6.07, 6.45) is 0.642. The number of anilines is 2. The minimum Gasteiger partial charge on any atom is -0.494 e. The topological polar surface area (TPSA) is 75.7 Å². The number of para-hydroxylation sites is 1. The lowest BCUT2D eigenvalue weighted by atomic mass is 10.1. The van der Waals surface area contributed by atoms with Gasteiger partial charge in [-0.15, -0.1) is 0 Å². The van der Waals surface area contributed by atoms with Crippen LogP contribution in [-0.4, -0.2) is 27.3 Å². The number of rotatable bonds is 5. The molecule has 2 heterocycles. The molecule has 4 aromatic rings. The predicted octanol–water partition coefficient (Wildman–Crippen LogP) is 4.00. The molecule has 130 valence electrons. The summed E-state index contributed by atoms with van der Waals surface area (Å²) < 4.78 is 5.50. The van der Waals surface area contributed by atoms with Gasteiger partial charge >= 0.3 is 0 Å². The van der Waals surface area contributed by atoms with Crippen molar-refractivity contribution in [2.45, 2.75) is 13.3 Å². The first kappa shape index (κ1) is 16.1. The van der Waals surface area contributed by atoms with Crippen LogP contribution in [0.5, 0.6) is 5.75 Å². The van der Waals surface area contributed by atoms with Crippen LogP contribution < -0.4 is 10.1 Å². The molecule has 0 bridgehead atoms. The summed E-state index contributed by atoms with van der Waals surface area (Å²) in [7, 11) is 1.65. The van der Waals surface area contributed by atoms with Gasteiger partial charge < -0.3 is 10.1 Å². The molecular formula is C20H19N5O. The molecule has 26 heavy (non-hydrogen) atoms. The van der Waals surface area contributed by atoms with Gasteiger partial charge in [-0.05, 0) is 24.6 Å². The summed E-state index contributed by atoms with van der Waals surface area (Å²) in [5.74, 6) is 2.88. The number of hydrogen-bond donors (Lipinski definition) is 2. The number of nitrogens with zero attached hydrogens (tertiary/aromatic N) is 3. The van der Waals surface area contributed by atoms with E-state index in [1.165, 1.54) is 0 Å². The number of H-pyrrole nitrogens is 1. The average molecular weight is 345 g/mol. The van der Waals surface area contributed by atoms with Gasteiger partial charge in [0.25, 0.3) is 0 Å². The maximum atomic E-state index is 5.50. The second-order valence-electron chi connectivity index (χ2n) is 6.07. The fourth-order valence-corrected chi connectivity index (χ4v) is 2.89. The number of aromatic amines is 1. The van der Waals surface area contributed by atoms with Crippen molar-refractivity contribution in [1.29, 1.82) is 0 Å². The summed E-state index contributed by atoms with van der Waals surface area (Å²) in [6, 6.07) is 17.9. The molecule has 0 amide bonds. The molecule has 6 nitrogen and oxygen atoms in total. The van der Waals surface area contributed by atoms with Crippen LogP contribution in [0.1, 0.15) is 17.1 Å². The van der Waals surface area contributed by atoms with Crippen molar-refractivity contribution < 1.29 is 4.74 Å². The second kappa shape index (κ2) is 6.84. The number of aryl methyl sites for hydroxylation is 1. The molecule has 0 saturated carbocycles. The highest BCUT2D eigenvalue weighted by Gasteiger charge is 2.13. The van der Waals surface area contributed by atoms with Crippen molar-refractivity contribution in [2.75, 3.05) is 12.4 Å². The Morgan fingerprint density at radius 3 is 2.62 bits per heavy atom. The van der Waals surface area contributed by atoms with Gasteiger partial charge in [0.05, 0.1) is 7.11 Å². The van der Waals surface area contributed by atoms with Gasteiger partial charge in [-0.1, -0.05) is 36.4 Å². The van der Waals surface area contributed by atoms with Crippen molar-refractivity contribution in [3.8, 4) is 5.75 Å². The first-order valence-corrected chi connectivity index (χ1v) is 8.39. The van der Waals surface area contributed by atoms with E-state index in [4.69, 9.17) is 14.7 Å². The summed E-state index contributed by atoms with van der Waals surface area (Å²) in [4.78, 5) is 9.49. The van der Waals surface area contributed by atoms with Gasteiger partial charge in [0.1, 0.15) is 22.9 Å².